The second-order valence-electron chi connectivity index (χ2n) is 7.60. The molecule has 0 spiro atoms. The fourth-order valence-corrected chi connectivity index (χ4v) is 4.33. The van der Waals surface area contributed by atoms with Gasteiger partial charge in [0.2, 0.25) is 5.67 Å². The molecule has 7 heteroatoms. The number of ether oxygens (including phenoxy) is 1. The van der Waals surface area contributed by atoms with E-state index >= 15 is 0 Å². The van der Waals surface area contributed by atoms with Crippen molar-refractivity contribution in [1.82, 2.24) is 5.32 Å². The second-order valence-corrected chi connectivity index (χ2v) is 7.60. The monoisotopic (exact) mass is 415 g/mol. The normalized spacial score (nSPS) is 25.7. The van der Waals surface area contributed by atoms with Gasteiger partial charge in [0.15, 0.2) is 0 Å². The molecule has 2 heterocycles. The number of nitrogens with one attached hydrogen (secondary N) is 1. The molecule has 1 N–H and O–H groups in total. The van der Waals surface area contributed by atoms with Crippen molar-refractivity contribution in [2.24, 2.45) is 0 Å². The van der Waals surface area contributed by atoms with Crippen LogP contribution in [0.1, 0.15) is 30.0 Å². The van der Waals surface area contributed by atoms with E-state index in [0.29, 0.717) is 19.3 Å². The van der Waals surface area contributed by atoms with E-state index in [1.807, 2.05) is 18.2 Å². The lowest BCUT2D eigenvalue weighted by atomic mass is 9.68. The van der Waals surface area contributed by atoms with Gasteiger partial charge in [-0.3, -0.25) is 0 Å². The van der Waals surface area contributed by atoms with Crippen molar-refractivity contribution in [1.29, 1.82) is 0 Å². The molecule has 0 radical (unpaired) electrons. The summed E-state index contributed by atoms with van der Waals surface area (Å²) in [7, 11) is 0. The predicted octanol–water partition coefficient (Wildman–Crippen LogP) is 5.09. The van der Waals surface area contributed by atoms with E-state index in [1.54, 1.807) is 6.07 Å². The van der Waals surface area contributed by atoms with Crippen LogP contribution in [-0.2, 0) is 17.5 Å². The molecule has 2 aromatic carbocycles. The third-order valence-electron chi connectivity index (χ3n) is 5.99. The minimum Gasteiger partial charge on any atom is -0.492 e. The maximum absolute atomic E-state index is 14.4. The van der Waals surface area contributed by atoms with Gasteiger partial charge in [0.1, 0.15) is 12.4 Å². The van der Waals surface area contributed by atoms with Gasteiger partial charge < -0.3 is 10.1 Å². The van der Waals surface area contributed by atoms with Crippen LogP contribution in [0.4, 0.5) is 17.6 Å². The van der Waals surface area contributed by atoms with Crippen molar-refractivity contribution in [2.75, 3.05) is 13.2 Å². The van der Waals surface area contributed by atoms with Crippen molar-refractivity contribution in [3.05, 3.63) is 65.2 Å². The zero-order chi connectivity index (χ0) is 19.3. The molecule has 3 atom stereocenters. The van der Waals surface area contributed by atoms with Gasteiger partial charge >= 0.3 is 6.18 Å². The molecule has 2 nitrogen and oxygen atoms in total. The third-order valence-corrected chi connectivity index (χ3v) is 5.99. The molecule has 0 aromatic heterocycles. The maximum Gasteiger partial charge on any atom is 0.426 e. The van der Waals surface area contributed by atoms with E-state index in [4.69, 9.17) is 4.74 Å². The zero-order valence-electron chi connectivity index (χ0n) is 15.4. The van der Waals surface area contributed by atoms with Crippen LogP contribution in [0.2, 0.25) is 0 Å². The van der Waals surface area contributed by atoms with Crippen LogP contribution in [0, 0.1) is 0 Å². The van der Waals surface area contributed by atoms with Crippen LogP contribution >= 0.6 is 12.4 Å². The van der Waals surface area contributed by atoms with Crippen molar-refractivity contribution in [2.45, 2.75) is 43.1 Å². The van der Waals surface area contributed by atoms with Crippen molar-refractivity contribution >= 4 is 12.4 Å². The van der Waals surface area contributed by atoms with Crippen LogP contribution < -0.4 is 10.1 Å². The molecule has 3 unspecified atom stereocenters. The topological polar surface area (TPSA) is 21.3 Å². The quantitative estimate of drug-likeness (QED) is 0.705. The van der Waals surface area contributed by atoms with E-state index in [9.17, 15) is 17.6 Å². The van der Waals surface area contributed by atoms with Gasteiger partial charge in [-0.2, -0.15) is 13.2 Å². The highest BCUT2D eigenvalue weighted by atomic mass is 35.5. The fraction of sp³-hybridized carbons (Fsp3) is 0.429. The molecule has 2 aliphatic rings. The van der Waals surface area contributed by atoms with E-state index in [1.165, 1.54) is 12.1 Å². The molecule has 1 saturated heterocycles. The first-order valence-electron chi connectivity index (χ1n) is 9.05. The van der Waals surface area contributed by atoms with Crippen molar-refractivity contribution in [3.8, 4) is 5.75 Å². The van der Waals surface area contributed by atoms with Gasteiger partial charge in [0.05, 0.1) is 6.04 Å². The van der Waals surface area contributed by atoms with Gasteiger partial charge in [-0.15, -0.1) is 12.4 Å². The standard InChI is InChI=1S/C21H21F4NO.ClH/c1-19(22,21(23,24)25)15-7-8-16-17(11-15)27-13-18-20(16,9-10-26-18)12-14-5-3-2-4-6-14;/h2-8,11,18,26H,9-10,12-13H2,1H3;1H. The summed E-state index contributed by atoms with van der Waals surface area (Å²) >= 11 is 0. The molecule has 0 saturated carbocycles. The van der Waals surface area contributed by atoms with E-state index < -0.39 is 17.4 Å². The van der Waals surface area contributed by atoms with Gasteiger partial charge in [-0.25, -0.2) is 4.39 Å². The van der Waals surface area contributed by atoms with Crippen LogP contribution in [0.5, 0.6) is 5.75 Å². The molecule has 0 bridgehead atoms. The summed E-state index contributed by atoms with van der Waals surface area (Å²) in [6.07, 6.45) is -3.36. The predicted molar refractivity (Wildman–Crippen MR) is 102 cm³/mol. The molecule has 2 aromatic rings. The average Bonchev–Trinajstić information content (AvgIpc) is 3.05. The maximum atomic E-state index is 14.4. The van der Waals surface area contributed by atoms with E-state index in [0.717, 1.165) is 30.5 Å². The number of alkyl halides is 4. The average molecular weight is 416 g/mol. The molecular weight excluding hydrogens is 394 g/mol. The molecule has 152 valence electrons. The molecule has 4 rings (SSSR count). The Kier molecular flexibility index (Phi) is 5.40. The van der Waals surface area contributed by atoms with Crippen LogP contribution in [0.25, 0.3) is 0 Å². The number of benzene rings is 2. The van der Waals surface area contributed by atoms with Gasteiger partial charge in [-0.1, -0.05) is 42.5 Å². The first-order chi connectivity index (χ1) is 12.7. The highest BCUT2D eigenvalue weighted by Crippen LogP contribution is 2.49. The van der Waals surface area contributed by atoms with Crippen LogP contribution in [0.3, 0.4) is 0 Å². The number of fused-ring (bicyclic) bond motifs is 3. The van der Waals surface area contributed by atoms with Gasteiger partial charge in [-0.05, 0) is 37.9 Å². The summed E-state index contributed by atoms with van der Waals surface area (Å²) in [5.41, 5.74) is -2.09. The lowest BCUT2D eigenvalue weighted by molar-refractivity contribution is -0.228. The Balaban J connectivity index is 0.00000225. The Morgan fingerprint density at radius 3 is 2.50 bits per heavy atom. The Bertz CT molecular complexity index is 840. The molecule has 1 fully saturated rings. The Hall–Kier alpha value is -1.79. The smallest absolute Gasteiger partial charge is 0.426 e. The van der Waals surface area contributed by atoms with E-state index in [2.05, 4.69) is 17.4 Å². The largest absolute Gasteiger partial charge is 0.492 e. The molecule has 0 aliphatic carbocycles. The van der Waals surface area contributed by atoms with Gasteiger partial charge in [0, 0.05) is 16.5 Å². The summed E-state index contributed by atoms with van der Waals surface area (Å²) in [4.78, 5) is 0. The third kappa shape index (κ3) is 3.26. The zero-order valence-corrected chi connectivity index (χ0v) is 16.2. The first kappa shape index (κ1) is 20.9. The Morgan fingerprint density at radius 1 is 1.11 bits per heavy atom. The lowest BCUT2D eigenvalue weighted by Crippen LogP contribution is -2.49. The van der Waals surface area contributed by atoms with Gasteiger partial charge in [0.25, 0.3) is 0 Å². The highest BCUT2D eigenvalue weighted by molar-refractivity contribution is 5.85. The summed E-state index contributed by atoms with van der Waals surface area (Å²) in [5.74, 6) is 0.358. The fourth-order valence-electron chi connectivity index (χ4n) is 4.33. The summed E-state index contributed by atoms with van der Waals surface area (Å²) in [6, 6.07) is 14.2. The van der Waals surface area contributed by atoms with Crippen LogP contribution in [-0.4, -0.2) is 25.4 Å². The Morgan fingerprint density at radius 2 is 1.82 bits per heavy atom. The SMILES string of the molecule is CC(F)(c1ccc2c(c1)OCC1NCCC21Cc1ccccc1)C(F)(F)F.Cl. The number of hydrogen-bond donors (Lipinski definition) is 1. The number of halogens is 5. The van der Waals surface area contributed by atoms with E-state index in [-0.39, 0.29) is 23.9 Å². The molecule has 0 amide bonds. The first-order valence-corrected chi connectivity index (χ1v) is 9.05. The summed E-state index contributed by atoms with van der Waals surface area (Å²) in [5, 5.41) is 3.45. The number of rotatable bonds is 3. The lowest BCUT2D eigenvalue weighted by Gasteiger charge is -2.41. The van der Waals surface area contributed by atoms with Crippen molar-refractivity contribution in [3.63, 3.8) is 0 Å². The minimum atomic E-state index is -4.98. The molecular formula is C21H22ClF4NO. The van der Waals surface area contributed by atoms with Crippen molar-refractivity contribution < 1.29 is 22.3 Å². The summed E-state index contributed by atoms with van der Waals surface area (Å²) in [6.45, 7) is 1.72. The molecule has 2 aliphatic heterocycles. The second kappa shape index (κ2) is 7.23. The minimum absolute atomic E-state index is 0. The Labute approximate surface area is 167 Å². The molecule has 28 heavy (non-hydrogen) atoms. The highest BCUT2D eigenvalue weighted by Gasteiger charge is 2.54. The summed E-state index contributed by atoms with van der Waals surface area (Å²) < 4.78 is 59.5. The number of hydrogen-bond acceptors (Lipinski definition) is 2. The van der Waals surface area contributed by atoms with Crippen LogP contribution in [0.15, 0.2) is 48.5 Å².